The molecule has 2 N–H and O–H groups in total. The van der Waals surface area contributed by atoms with Gasteiger partial charge >= 0.3 is 0 Å². The van der Waals surface area contributed by atoms with Crippen LogP contribution in [0.3, 0.4) is 0 Å². The second-order valence-electron chi connectivity index (χ2n) is 2.90. The monoisotopic (exact) mass is 168 g/mol. The lowest BCUT2D eigenvalue weighted by Gasteiger charge is -2.00. The Morgan fingerprint density at radius 2 is 1.82 bits per heavy atom. The first-order valence-electron chi connectivity index (χ1n) is 3.72. The maximum atomic E-state index is 5.76. The van der Waals surface area contributed by atoms with E-state index in [1.807, 2.05) is 12.1 Å². The molecule has 0 spiro atoms. The molecule has 0 unspecified atom stereocenters. The van der Waals surface area contributed by atoms with Crippen LogP contribution in [0.4, 0.5) is 5.69 Å². The summed E-state index contributed by atoms with van der Waals surface area (Å²) < 4.78 is 0. The Morgan fingerprint density at radius 3 is 2.36 bits per heavy atom. The van der Waals surface area contributed by atoms with E-state index in [-0.39, 0.29) is 12.4 Å². The molecule has 1 aliphatic rings. The first kappa shape index (κ1) is 8.41. The smallest absolute Gasteiger partial charge is 0.0349 e. The van der Waals surface area contributed by atoms with Crippen LogP contribution in [-0.4, -0.2) is 0 Å². The summed E-state index contributed by atoms with van der Waals surface area (Å²) in [6.07, 6.45) is 2.66. The van der Waals surface area contributed by atoms with Gasteiger partial charge in [-0.1, -0.05) is 18.2 Å². The molecule has 1 aromatic carbocycles. The average Bonchev–Trinajstić information content (AvgIpc) is 2.71. The van der Waals surface area contributed by atoms with Crippen molar-refractivity contribution in [1.82, 2.24) is 0 Å². The molecule has 1 nitrogen and oxygen atoms in total. The summed E-state index contributed by atoms with van der Waals surface area (Å²) in [6, 6.07) is 8.16. The summed E-state index contributed by atoms with van der Waals surface area (Å²) in [5, 5.41) is 0. The molecule has 0 bridgehead atoms. The molecule has 0 aliphatic heterocycles. The van der Waals surface area contributed by atoms with Crippen molar-refractivity contribution in [3.63, 3.8) is 0 Å². The number of benzene rings is 1. The van der Waals surface area contributed by atoms with E-state index in [1.54, 1.807) is 0 Å². The highest BCUT2D eigenvalue weighted by atomic mass is 35.5. The number of rotatable bonds is 1. The Balaban J connectivity index is 0.000000605. The van der Waals surface area contributed by atoms with Gasteiger partial charge in [0.25, 0.3) is 0 Å². The third kappa shape index (κ3) is 1.66. The van der Waals surface area contributed by atoms with Crippen LogP contribution in [0.25, 0.3) is 0 Å². The lowest BCUT2D eigenvalue weighted by Crippen LogP contribution is -3.00. The number of nitrogens with two attached hydrogens (primary N) is 1. The Labute approximate surface area is 73.0 Å². The Kier molecular flexibility index (Phi) is 2.40. The Bertz CT molecular complexity index is 243. The Hall–Kier alpha value is -0.690. The van der Waals surface area contributed by atoms with Crippen LogP contribution in [0.15, 0.2) is 24.3 Å². The molecule has 0 radical (unpaired) electrons. The highest BCUT2D eigenvalue weighted by Gasteiger charge is 2.24. The van der Waals surface area contributed by atoms with Crippen LogP contribution in [-0.2, 0) is 0 Å². The summed E-state index contributed by atoms with van der Waals surface area (Å²) in [5.41, 5.74) is 8.07. The topological polar surface area (TPSA) is 26.0 Å². The van der Waals surface area contributed by atoms with Crippen LogP contribution >= 0.6 is 0 Å². The van der Waals surface area contributed by atoms with E-state index < -0.39 is 0 Å². The lowest BCUT2D eigenvalue weighted by atomic mass is 10.1. The van der Waals surface area contributed by atoms with Gasteiger partial charge in [-0.05, 0) is 30.4 Å². The van der Waals surface area contributed by atoms with Gasteiger partial charge in [0.2, 0.25) is 0 Å². The van der Waals surface area contributed by atoms with Crippen LogP contribution in [0, 0.1) is 0 Å². The third-order valence-corrected chi connectivity index (χ3v) is 2.01. The van der Waals surface area contributed by atoms with Crippen LogP contribution < -0.4 is 18.1 Å². The second-order valence-corrected chi connectivity index (χ2v) is 2.90. The van der Waals surface area contributed by atoms with Gasteiger partial charge in [0, 0.05) is 5.69 Å². The lowest BCUT2D eigenvalue weighted by molar-refractivity contribution is -0.00000204. The van der Waals surface area contributed by atoms with Crippen molar-refractivity contribution in [2.75, 3.05) is 5.73 Å². The molecule has 0 amide bonds. The number of anilines is 1. The average molecular weight is 169 g/mol. The van der Waals surface area contributed by atoms with Crippen molar-refractivity contribution >= 4 is 5.69 Å². The number of hydrogen-bond acceptors (Lipinski definition) is 1. The predicted octanol–water partition coefficient (Wildman–Crippen LogP) is -0.850. The van der Waals surface area contributed by atoms with Crippen LogP contribution in [0.1, 0.15) is 24.3 Å². The van der Waals surface area contributed by atoms with Gasteiger partial charge in [-0.3, -0.25) is 0 Å². The summed E-state index contributed by atoms with van der Waals surface area (Å²) in [6.45, 7) is 0. The molecule has 0 atom stereocenters. The highest BCUT2D eigenvalue weighted by Crippen LogP contribution is 2.42. The predicted molar refractivity (Wildman–Crippen MR) is 42.8 cm³/mol. The zero-order valence-electron chi connectivity index (χ0n) is 6.26. The van der Waals surface area contributed by atoms with Crippen molar-refractivity contribution in [2.45, 2.75) is 18.8 Å². The zero-order valence-corrected chi connectivity index (χ0v) is 7.01. The normalized spacial score (nSPS) is 15.6. The Morgan fingerprint density at radius 1 is 1.18 bits per heavy atom. The molecular weight excluding hydrogens is 158 g/mol. The molecule has 0 heterocycles. The third-order valence-electron chi connectivity index (χ3n) is 2.01. The molecule has 0 aromatic heterocycles. The van der Waals surface area contributed by atoms with Crippen molar-refractivity contribution in [3.05, 3.63) is 29.8 Å². The quantitative estimate of drug-likeness (QED) is 0.544. The van der Waals surface area contributed by atoms with Gasteiger partial charge in [-0.25, -0.2) is 0 Å². The highest BCUT2D eigenvalue weighted by molar-refractivity contribution is 5.49. The number of para-hydroxylation sites is 1. The van der Waals surface area contributed by atoms with Gasteiger partial charge in [-0.15, -0.1) is 0 Å². The second kappa shape index (κ2) is 3.14. The molecule has 2 heteroatoms. The van der Waals surface area contributed by atoms with E-state index in [9.17, 15) is 0 Å². The number of halogens is 1. The van der Waals surface area contributed by atoms with Gasteiger partial charge < -0.3 is 18.1 Å². The minimum Gasteiger partial charge on any atom is -1.00 e. The first-order valence-corrected chi connectivity index (χ1v) is 3.72. The number of hydrogen-bond donors (Lipinski definition) is 1. The fourth-order valence-electron chi connectivity index (χ4n) is 1.28. The largest absolute Gasteiger partial charge is 1.00 e. The molecule has 1 aromatic rings. The van der Waals surface area contributed by atoms with E-state index in [0.717, 1.165) is 11.6 Å². The molecule has 1 saturated carbocycles. The van der Waals surface area contributed by atoms with Gasteiger partial charge in [0.1, 0.15) is 0 Å². The van der Waals surface area contributed by atoms with Crippen LogP contribution in [0.2, 0.25) is 0 Å². The summed E-state index contributed by atoms with van der Waals surface area (Å²) in [5.74, 6) is 0.779. The van der Waals surface area contributed by atoms with Crippen molar-refractivity contribution in [3.8, 4) is 0 Å². The van der Waals surface area contributed by atoms with Crippen LogP contribution in [0.5, 0.6) is 0 Å². The van der Waals surface area contributed by atoms with Crippen molar-refractivity contribution in [1.29, 1.82) is 0 Å². The maximum Gasteiger partial charge on any atom is 0.0349 e. The van der Waals surface area contributed by atoms with E-state index in [2.05, 4.69) is 12.1 Å². The van der Waals surface area contributed by atoms with Crippen molar-refractivity contribution in [2.24, 2.45) is 0 Å². The molecule has 2 rings (SSSR count). The first-order chi connectivity index (χ1) is 4.88. The molecule has 0 saturated heterocycles. The zero-order chi connectivity index (χ0) is 6.97. The fraction of sp³-hybridized carbons (Fsp3) is 0.333. The summed E-state index contributed by atoms with van der Waals surface area (Å²) in [7, 11) is 0. The standard InChI is InChI=1S/C9H11N.ClH/c10-9-4-2-1-3-8(9)7-5-6-7;/h1-4,7H,5-6,10H2;1H/p-1. The molecule has 1 fully saturated rings. The minimum absolute atomic E-state index is 0. The molecule has 60 valence electrons. The van der Waals surface area contributed by atoms with E-state index >= 15 is 0 Å². The fourth-order valence-corrected chi connectivity index (χ4v) is 1.28. The summed E-state index contributed by atoms with van der Waals surface area (Å²) >= 11 is 0. The molecule has 11 heavy (non-hydrogen) atoms. The maximum absolute atomic E-state index is 5.76. The van der Waals surface area contributed by atoms with Crippen molar-refractivity contribution < 1.29 is 12.4 Å². The minimum atomic E-state index is 0. The SMILES string of the molecule is Nc1ccccc1C1CC1.[Cl-]. The van der Waals surface area contributed by atoms with Gasteiger partial charge in [0.05, 0.1) is 0 Å². The van der Waals surface area contributed by atoms with Gasteiger partial charge in [0.15, 0.2) is 0 Å². The van der Waals surface area contributed by atoms with E-state index in [4.69, 9.17) is 5.73 Å². The van der Waals surface area contributed by atoms with Gasteiger partial charge in [-0.2, -0.15) is 0 Å². The summed E-state index contributed by atoms with van der Waals surface area (Å²) in [4.78, 5) is 0. The van der Waals surface area contributed by atoms with E-state index in [1.165, 1.54) is 18.4 Å². The number of nitrogen functional groups attached to an aromatic ring is 1. The molecule has 1 aliphatic carbocycles. The molecular formula is C9H11ClN-. The van der Waals surface area contributed by atoms with E-state index in [0.29, 0.717) is 0 Å².